The minimum absolute atomic E-state index is 0.0631. The van der Waals surface area contributed by atoms with E-state index in [9.17, 15) is 0 Å². The molecule has 0 aromatic heterocycles. The van der Waals surface area contributed by atoms with Crippen LogP contribution in [-0.4, -0.2) is 23.3 Å². The molecule has 0 spiro atoms. The number of hydrogen-bond acceptors (Lipinski definition) is 2. The van der Waals surface area contributed by atoms with E-state index in [2.05, 4.69) is 60.7 Å². The molecule has 0 aliphatic heterocycles. The van der Waals surface area contributed by atoms with Gasteiger partial charge in [0.05, 0.1) is 11.7 Å². The lowest BCUT2D eigenvalue weighted by atomic mass is 10.0. The van der Waals surface area contributed by atoms with Crippen LogP contribution < -0.4 is 5.32 Å². The molecule has 2 heteroatoms. The lowest BCUT2D eigenvalue weighted by Crippen LogP contribution is -2.50. The Bertz CT molecular complexity index is 176. The maximum atomic E-state index is 5.97. The third kappa shape index (κ3) is 7.80. The second-order valence-corrected chi connectivity index (χ2v) is 6.34. The summed E-state index contributed by atoms with van der Waals surface area (Å²) in [6.45, 7) is 17.2. The summed E-state index contributed by atoms with van der Waals surface area (Å²) in [7, 11) is 0. The van der Waals surface area contributed by atoms with Crippen LogP contribution in [0.1, 0.15) is 61.8 Å². The molecule has 0 aromatic carbocycles. The Kier molecular flexibility index (Phi) is 5.28. The van der Waals surface area contributed by atoms with Gasteiger partial charge in [-0.05, 0) is 54.9 Å². The summed E-state index contributed by atoms with van der Waals surface area (Å²) in [5.41, 5.74) is 0.0859. The van der Waals surface area contributed by atoms with Crippen molar-refractivity contribution >= 4 is 0 Å². The second-order valence-electron chi connectivity index (χ2n) is 6.34. The van der Waals surface area contributed by atoms with Gasteiger partial charge >= 0.3 is 0 Å². The number of ether oxygens (including phenoxy) is 1. The summed E-state index contributed by atoms with van der Waals surface area (Å²) >= 11 is 0. The third-order valence-corrected chi connectivity index (χ3v) is 2.16. The average Bonchev–Trinajstić information content (AvgIpc) is 1.94. The molecule has 1 N–H and O–H groups in total. The van der Waals surface area contributed by atoms with Gasteiger partial charge in [-0.1, -0.05) is 6.92 Å². The molecule has 2 nitrogen and oxygen atoms in total. The minimum Gasteiger partial charge on any atom is -0.371 e. The maximum Gasteiger partial charge on any atom is 0.0707 e. The first-order chi connectivity index (χ1) is 6.55. The quantitative estimate of drug-likeness (QED) is 0.776. The van der Waals surface area contributed by atoms with E-state index < -0.39 is 0 Å². The maximum absolute atomic E-state index is 5.97. The Balaban J connectivity index is 4.29. The highest BCUT2D eigenvalue weighted by Gasteiger charge is 2.25. The monoisotopic (exact) mass is 215 g/mol. The summed E-state index contributed by atoms with van der Waals surface area (Å²) in [5.74, 6) is 0. The summed E-state index contributed by atoms with van der Waals surface area (Å²) in [6.07, 6.45) is 1.34. The molecule has 0 fully saturated rings. The van der Waals surface area contributed by atoms with Crippen molar-refractivity contribution in [3.8, 4) is 0 Å². The first-order valence-electron chi connectivity index (χ1n) is 6.00. The molecule has 0 unspecified atom stereocenters. The van der Waals surface area contributed by atoms with Gasteiger partial charge in [0.25, 0.3) is 0 Å². The summed E-state index contributed by atoms with van der Waals surface area (Å²) in [6, 6.07) is 0.421. The van der Waals surface area contributed by atoms with E-state index in [0.717, 1.165) is 6.42 Å². The zero-order chi connectivity index (χ0) is 12.3. The number of hydrogen-bond donors (Lipinski definition) is 1. The van der Waals surface area contributed by atoms with Crippen LogP contribution in [0.3, 0.4) is 0 Å². The molecular formula is C13H29NO. The number of nitrogens with one attached hydrogen (secondary N) is 1. The highest BCUT2D eigenvalue weighted by Crippen LogP contribution is 2.16. The standard InChI is InChI=1S/C13H29NO/c1-9-11(14-12(3,4)5)10(2)15-13(6,7)8/h10-11,14H,9H2,1-8H3/t10-,11-/m1/s1. The summed E-state index contributed by atoms with van der Waals surface area (Å²) < 4.78 is 5.97. The molecular weight excluding hydrogens is 186 g/mol. The Hall–Kier alpha value is -0.0800. The van der Waals surface area contributed by atoms with Gasteiger partial charge in [0, 0.05) is 11.6 Å². The van der Waals surface area contributed by atoms with Crippen molar-refractivity contribution in [2.45, 2.75) is 85.1 Å². The molecule has 15 heavy (non-hydrogen) atoms. The van der Waals surface area contributed by atoms with E-state index in [1.54, 1.807) is 0 Å². The largest absolute Gasteiger partial charge is 0.371 e. The van der Waals surface area contributed by atoms with Gasteiger partial charge < -0.3 is 10.1 Å². The van der Waals surface area contributed by atoms with Crippen molar-refractivity contribution in [2.75, 3.05) is 0 Å². The van der Waals surface area contributed by atoms with Crippen LogP contribution in [0.5, 0.6) is 0 Å². The number of rotatable bonds is 4. The molecule has 0 heterocycles. The van der Waals surface area contributed by atoms with Crippen molar-refractivity contribution < 1.29 is 4.74 Å². The van der Waals surface area contributed by atoms with Gasteiger partial charge in [-0.25, -0.2) is 0 Å². The van der Waals surface area contributed by atoms with Gasteiger partial charge in [-0.3, -0.25) is 0 Å². The normalized spacial score (nSPS) is 17.6. The molecule has 0 saturated heterocycles. The van der Waals surface area contributed by atoms with E-state index in [-0.39, 0.29) is 17.2 Å². The molecule has 0 bridgehead atoms. The smallest absolute Gasteiger partial charge is 0.0707 e. The van der Waals surface area contributed by atoms with Crippen LogP contribution in [-0.2, 0) is 4.74 Å². The van der Waals surface area contributed by atoms with Gasteiger partial charge in [0.1, 0.15) is 0 Å². The molecule has 92 valence electrons. The van der Waals surface area contributed by atoms with Crippen molar-refractivity contribution in [1.82, 2.24) is 5.32 Å². The van der Waals surface area contributed by atoms with Gasteiger partial charge in [-0.15, -0.1) is 0 Å². The van der Waals surface area contributed by atoms with Gasteiger partial charge in [0.15, 0.2) is 0 Å². The Morgan fingerprint density at radius 1 is 1.07 bits per heavy atom. The average molecular weight is 215 g/mol. The molecule has 0 aliphatic rings. The van der Waals surface area contributed by atoms with Crippen molar-refractivity contribution in [3.63, 3.8) is 0 Å². The van der Waals surface area contributed by atoms with Crippen LogP contribution >= 0.6 is 0 Å². The van der Waals surface area contributed by atoms with Crippen LogP contribution in [0.15, 0.2) is 0 Å². The lowest BCUT2D eigenvalue weighted by Gasteiger charge is -2.35. The van der Waals surface area contributed by atoms with Crippen LogP contribution in [0.2, 0.25) is 0 Å². The Labute approximate surface area is 95.8 Å². The highest BCUT2D eigenvalue weighted by atomic mass is 16.5. The highest BCUT2D eigenvalue weighted by molar-refractivity contribution is 4.82. The fourth-order valence-corrected chi connectivity index (χ4v) is 1.75. The van der Waals surface area contributed by atoms with Crippen molar-refractivity contribution in [3.05, 3.63) is 0 Å². The van der Waals surface area contributed by atoms with E-state index >= 15 is 0 Å². The molecule has 2 atom stereocenters. The SMILES string of the molecule is CC[C@@H](NC(C)(C)C)[C@@H](C)OC(C)(C)C. The van der Waals surface area contributed by atoms with Gasteiger partial charge in [0.2, 0.25) is 0 Å². The molecule has 0 amide bonds. The predicted molar refractivity (Wildman–Crippen MR) is 67.3 cm³/mol. The zero-order valence-corrected chi connectivity index (χ0v) is 11.8. The fraction of sp³-hybridized carbons (Fsp3) is 1.00. The zero-order valence-electron chi connectivity index (χ0n) is 11.8. The van der Waals surface area contributed by atoms with Crippen LogP contribution in [0, 0.1) is 0 Å². The summed E-state index contributed by atoms with van der Waals surface area (Å²) in [5, 5.41) is 3.60. The van der Waals surface area contributed by atoms with Gasteiger partial charge in [-0.2, -0.15) is 0 Å². The first-order valence-corrected chi connectivity index (χ1v) is 6.00. The van der Waals surface area contributed by atoms with E-state index in [1.165, 1.54) is 0 Å². The summed E-state index contributed by atoms with van der Waals surface area (Å²) in [4.78, 5) is 0. The topological polar surface area (TPSA) is 21.3 Å². The first kappa shape index (κ1) is 14.9. The molecule has 0 rings (SSSR count). The lowest BCUT2D eigenvalue weighted by molar-refractivity contribution is -0.0696. The fourth-order valence-electron chi connectivity index (χ4n) is 1.75. The van der Waals surface area contributed by atoms with E-state index in [4.69, 9.17) is 4.74 Å². The van der Waals surface area contributed by atoms with E-state index in [1.807, 2.05) is 0 Å². The van der Waals surface area contributed by atoms with Crippen LogP contribution in [0.4, 0.5) is 0 Å². The molecule has 0 radical (unpaired) electrons. The Morgan fingerprint density at radius 3 is 1.80 bits per heavy atom. The predicted octanol–water partition coefficient (Wildman–Crippen LogP) is 3.36. The minimum atomic E-state index is -0.0631. The van der Waals surface area contributed by atoms with Crippen molar-refractivity contribution in [1.29, 1.82) is 0 Å². The van der Waals surface area contributed by atoms with E-state index in [0.29, 0.717) is 6.04 Å². The molecule has 0 aliphatic carbocycles. The molecule has 0 aromatic rings. The van der Waals surface area contributed by atoms with Crippen molar-refractivity contribution in [2.24, 2.45) is 0 Å². The Morgan fingerprint density at radius 2 is 1.53 bits per heavy atom. The third-order valence-electron chi connectivity index (χ3n) is 2.16. The second kappa shape index (κ2) is 5.31. The van der Waals surface area contributed by atoms with Crippen LogP contribution in [0.25, 0.3) is 0 Å². The molecule has 0 saturated carbocycles.